The summed E-state index contributed by atoms with van der Waals surface area (Å²) in [4.78, 5) is 25.4. The van der Waals surface area contributed by atoms with Crippen LogP contribution in [0.5, 0.6) is 0 Å². The smallest absolute Gasteiger partial charge is 0.339 e. The van der Waals surface area contributed by atoms with Crippen molar-refractivity contribution in [3.63, 3.8) is 0 Å². The zero-order valence-corrected chi connectivity index (χ0v) is 18.5. The minimum absolute atomic E-state index is 0.228. The molecule has 1 N–H and O–H groups in total. The molecule has 1 amide bonds. The first-order valence-corrected chi connectivity index (χ1v) is 11.1. The molecule has 0 radical (unpaired) electrons. The Balaban J connectivity index is 2.14. The molecular formula is C23H29NO4S. The van der Waals surface area contributed by atoms with Crippen molar-refractivity contribution in [3.8, 4) is 0 Å². The molecule has 0 saturated carbocycles. The number of ether oxygens (including phenoxy) is 1. The average Bonchev–Trinajstić information content (AvgIpc) is 2.71. The molecule has 0 aliphatic rings. The number of benzene rings is 2. The molecule has 5 nitrogen and oxygen atoms in total. The lowest BCUT2D eigenvalue weighted by Gasteiger charge is -2.20. The Labute approximate surface area is 175 Å². The van der Waals surface area contributed by atoms with Gasteiger partial charge in [0.15, 0.2) is 6.61 Å². The molecule has 0 spiro atoms. The number of hydrogen-bond donors (Lipinski definition) is 1. The maximum atomic E-state index is 12.5. The van der Waals surface area contributed by atoms with E-state index in [1.165, 1.54) is 0 Å². The fourth-order valence-corrected chi connectivity index (χ4v) is 4.01. The summed E-state index contributed by atoms with van der Waals surface area (Å²) in [6, 6.07) is 12.6. The molecule has 0 saturated heterocycles. The van der Waals surface area contributed by atoms with Gasteiger partial charge >= 0.3 is 5.97 Å². The molecule has 0 bridgehead atoms. The van der Waals surface area contributed by atoms with Gasteiger partial charge in [0.25, 0.3) is 5.91 Å². The van der Waals surface area contributed by atoms with E-state index in [4.69, 9.17) is 4.74 Å². The van der Waals surface area contributed by atoms with Gasteiger partial charge in [-0.25, -0.2) is 4.79 Å². The van der Waals surface area contributed by atoms with Crippen LogP contribution in [-0.2, 0) is 20.3 Å². The molecule has 0 aliphatic carbocycles. The minimum Gasteiger partial charge on any atom is -0.452 e. The highest BCUT2D eigenvalue weighted by molar-refractivity contribution is 7.85. The molecule has 0 aromatic heterocycles. The van der Waals surface area contributed by atoms with Crippen LogP contribution in [0.4, 0.5) is 5.69 Å². The zero-order chi connectivity index (χ0) is 21.6. The quantitative estimate of drug-likeness (QED) is 0.625. The number of anilines is 1. The number of carbonyl (C=O) groups is 2. The Hall–Kier alpha value is -2.47. The molecule has 2 rings (SSSR count). The fraction of sp³-hybridized carbons (Fsp3) is 0.391. The highest BCUT2D eigenvalue weighted by atomic mass is 32.2. The van der Waals surface area contributed by atoms with Crippen LogP contribution in [0.25, 0.3) is 0 Å². The van der Waals surface area contributed by atoms with Crippen molar-refractivity contribution in [2.24, 2.45) is 0 Å². The lowest BCUT2D eigenvalue weighted by atomic mass is 9.92. The Kier molecular flexibility index (Phi) is 8.14. The molecule has 6 heteroatoms. The van der Waals surface area contributed by atoms with Gasteiger partial charge in [-0.2, -0.15) is 0 Å². The number of amides is 1. The van der Waals surface area contributed by atoms with E-state index in [9.17, 15) is 13.8 Å². The summed E-state index contributed by atoms with van der Waals surface area (Å²) >= 11 is 0. The number of rotatable bonds is 8. The third kappa shape index (κ3) is 5.76. The maximum Gasteiger partial charge on any atom is 0.339 e. The van der Waals surface area contributed by atoms with E-state index >= 15 is 0 Å². The molecule has 0 heterocycles. The molecule has 0 fully saturated rings. The standard InChI is InChI=1S/C23H29NO4S/c1-6-29(27)20-13-8-7-10-19(20)23(26)28-14-21(25)24-22-17(15(2)3)11-9-12-18(22)16(4)5/h7-13,15-16H,6,14H2,1-5H3,(H,24,25)/t29-/m1/s1. The Morgan fingerprint density at radius 3 is 2.10 bits per heavy atom. The molecular weight excluding hydrogens is 386 g/mol. The monoisotopic (exact) mass is 415 g/mol. The molecule has 29 heavy (non-hydrogen) atoms. The van der Waals surface area contributed by atoms with E-state index < -0.39 is 29.3 Å². The number of hydrogen-bond acceptors (Lipinski definition) is 4. The van der Waals surface area contributed by atoms with Crippen molar-refractivity contribution < 1.29 is 18.5 Å². The van der Waals surface area contributed by atoms with E-state index in [0.29, 0.717) is 10.6 Å². The van der Waals surface area contributed by atoms with E-state index in [2.05, 4.69) is 33.0 Å². The fourth-order valence-electron chi connectivity index (χ4n) is 3.07. The van der Waals surface area contributed by atoms with Crippen LogP contribution in [0.1, 0.15) is 67.9 Å². The molecule has 0 aliphatic heterocycles. The summed E-state index contributed by atoms with van der Waals surface area (Å²) in [5.41, 5.74) is 3.09. The normalized spacial score (nSPS) is 12.1. The predicted octanol–water partition coefficient (Wildman–Crippen LogP) is 4.86. The van der Waals surface area contributed by atoms with E-state index in [0.717, 1.165) is 16.8 Å². The summed E-state index contributed by atoms with van der Waals surface area (Å²) in [6.45, 7) is 9.65. The summed E-state index contributed by atoms with van der Waals surface area (Å²) in [5, 5.41) is 2.92. The minimum atomic E-state index is -1.29. The second-order valence-electron chi connectivity index (χ2n) is 7.38. The van der Waals surface area contributed by atoms with Crippen LogP contribution in [0.2, 0.25) is 0 Å². The van der Waals surface area contributed by atoms with Gasteiger partial charge in [-0.15, -0.1) is 0 Å². The highest BCUT2D eigenvalue weighted by Gasteiger charge is 2.19. The summed E-state index contributed by atoms with van der Waals surface area (Å²) in [7, 11) is -1.29. The first-order valence-electron chi connectivity index (χ1n) is 9.83. The molecule has 2 aromatic rings. The highest BCUT2D eigenvalue weighted by Crippen LogP contribution is 2.32. The number of esters is 1. The van der Waals surface area contributed by atoms with Crippen molar-refractivity contribution in [1.82, 2.24) is 0 Å². The molecule has 2 aromatic carbocycles. The van der Waals surface area contributed by atoms with E-state index in [1.54, 1.807) is 31.2 Å². The number of nitrogens with one attached hydrogen (secondary N) is 1. The second-order valence-corrected chi connectivity index (χ2v) is 9.08. The van der Waals surface area contributed by atoms with Crippen molar-refractivity contribution in [1.29, 1.82) is 0 Å². The van der Waals surface area contributed by atoms with Gasteiger partial charge < -0.3 is 10.1 Å². The van der Waals surface area contributed by atoms with Crippen molar-refractivity contribution >= 4 is 28.4 Å². The van der Waals surface area contributed by atoms with Crippen molar-refractivity contribution in [2.45, 2.75) is 51.3 Å². The van der Waals surface area contributed by atoms with Crippen LogP contribution in [-0.4, -0.2) is 28.4 Å². The molecule has 156 valence electrons. The SMILES string of the molecule is CC[S@@](=O)c1ccccc1C(=O)OCC(=O)Nc1c(C(C)C)cccc1C(C)C. The third-order valence-corrected chi connectivity index (χ3v) is 5.96. The van der Waals surface area contributed by atoms with Gasteiger partial charge in [0.1, 0.15) is 0 Å². The van der Waals surface area contributed by atoms with Crippen LogP contribution in [0, 0.1) is 0 Å². The third-order valence-electron chi connectivity index (χ3n) is 4.59. The van der Waals surface area contributed by atoms with Crippen LogP contribution in [0.3, 0.4) is 0 Å². The largest absolute Gasteiger partial charge is 0.452 e. The van der Waals surface area contributed by atoms with Gasteiger partial charge in [0.05, 0.1) is 21.3 Å². The zero-order valence-electron chi connectivity index (χ0n) is 17.7. The Morgan fingerprint density at radius 1 is 0.966 bits per heavy atom. The topological polar surface area (TPSA) is 72.5 Å². The van der Waals surface area contributed by atoms with Crippen LogP contribution in [0.15, 0.2) is 47.4 Å². The van der Waals surface area contributed by atoms with Crippen LogP contribution < -0.4 is 5.32 Å². The van der Waals surface area contributed by atoms with Gasteiger partial charge in [-0.3, -0.25) is 9.00 Å². The van der Waals surface area contributed by atoms with Gasteiger partial charge in [0.2, 0.25) is 0 Å². The number of carbonyl (C=O) groups excluding carboxylic acids is 2. The van der Waals surface area contributed by atoms with Crippen molar-refractivity contribution in [3.05, 3.63) is 59.2 Å². The van der Waals surface area contributed by atoms with E-state index in [1.807, 2.05) is 18.2 Å². The number of para-hydroxylation sites is 1. The van der Waals surface area contributed by atoms with Crippen molar-refractivity contribution in [2.75, 3.05) is 17.7 Å². The Morgan fingerprint density at radius 2 is 1.55 bits per heavy atom. The first-order chi connectivity index (χ1) is 13.8. The van der Waals surface area contributed by atoms with Gasteiger partial charge in [0, 0.05) is 11.4 Å². The van der Waals surface area contributed by atoms with Crippen LogP contribution >= 0.6 is 0 Å². The second kappa shape index (κ2) is 10.3. The van der Waals surface area contributed by atoms with Gasteiger partial charge in [-0.1, -0.05) is 65.0 Å². The lowest BCUT2D eigenvalue weighted by molar-refractivity contribution is -0.119. The lowest BCUT2D eigenvalue weighted by Crippen LogP contribution is -2.23. The summed E-state index contributed by atoms with van der Waals surface area (Å²) in [5.74, 6) is -0.180. The summed E-state index contributed by atoms with van der Waals surface area (Å²) < 4.78 is 17.4. The molecule has 1 atom stereocenters. The predicted molar refractivity (Wildman–Crippen MR) is 117 cm³/mol. The van der Waals surface area contributed by atoms with Gasteiger partial charge in [-0.05, 0) is 35.1 Å². The Bertz CT molecular complexity index is 879. The molecule has 0 unspecified atom stereocenters. The average molecular weight is 416 g/mol. The van der Waals surface area contributed by atoms with E-state index in [-0.39, 0.29) is 17.4 Å². The maximum absolute atomic E-state index is 12.5. The summed E-state index contributed by atoms with van der Waals surface area (Å²) in [6.07, 6.45) is 0. The first kappa shape index (κ1) is 22.8.